The molecule has 0 saturated heterocycles. The summed E-state index contributed by atoms with van der Waals surface area (Å²) in [6.45, 7) is 0. The van der Waals surface area contributed by atoms with E-state index in [9.17, 15) is 4.79 Å². The molecule has 0 fully saturated rings. The zero-order valence-corrected chi connectivity index (χ0v) is 6.23. The second kappa shape index (κ2) is 2.52. The SMILES string of the molecule is O=c1c(Cl)cc(Cl)cn1O. The van der Waals surface area contributed by atoms with Gasteiger partial charge in [-0.1, -0.05) is 23.2 Å². The van der Waals surface area contributed by atoms with Crippen LogP contribution in [-0.2, 0) is 0 Å². The van der Waals surface area contributed by atoms with E-state index >= 15 is 0 Å². The summed E-state index contributed by atoms with van der Waals surface area (Å²) < 4.78 is 0.338. The van der Waals surface area contributed by atoms with Crippen LogP contribution in [0, 0.1) is 0 Å². The number of rotatable bonds is 0. The van der Waals surface area contributed by atoms with Crippen molar-refractivity contribution in [3.8, 4) is 0 Å². The van der Waals surface area contributed by atoms with Crippen LogP contribution < -0.4 is 5.56 Å². The second-order valence-electron chi connectivity index (χ2n) is 1.66. The minimum Gasteiger partial charge on any atom is -0.425 e. The highest BCUT2D eigenvalue weighted by Gasteiger charge is 2.00. The Bertz CT molecular complexity index is 281. The number of hydrogen-bond acceptors (Lipinski definition) is 2. The maximum atomic E-state index is 10.6. The van der Waals surface area contributed by atoms with Crippen LogP contribution in [0.3, 0.4) is 0 Å². The zero-order valence-electron chi connectivity index (χ0n) is 4.71. The van der Waals surface area contributed by atoms with Crippen molar-refractivity contribution in [3.05, 3.63) is 32.7 Å². The van der Waals surface area contributed by atoms with Gasteiger partial charge in [-0.25, -0.2) is 0 Å². The van der Waals surface area contributed by atoms with Crippen LogP contribution in [-0.4, -0.2) is 9.94 Å². The van der Waals surface area contributed by atoms with Gasteiger partial charge in [-0.2, -0.15) is 4.73 Å². The molecule has 54 valence electrons. The second-order valence-corrected chi connectivity index (χ2v) is 2.50. The summed E-state index contributed by atoms with van der Waals surface area (Å²) in [5.41, 5.74) is -0.675. The van der Waals surface area contributed by atoms with E-state index in [2.05, 4.69) is 0 Å². The van der Waals surface area contributed by atoms with Crippen molar-refractivity contribution in [1.82, 2.24) is 4.73 Å². The Morgan fingerprint density at radius 3 is 2.60 bits per heavy atom. The topological polar surface area (TPSA) is 42.2 Å². The molecule has 0 saturated carbocycles. The minimum absolute atomic E-state index is 0.102. The van der Waals surface area contributed by atoms with Crippen LogP contribution in [0.5, 0.6) is 0 Å². The van der Waals surface area contributed by atoms with Gasteiger partial charge in [0.1, 0.15) is 5.02 Å². The molecule has 3 nitrogen and oxygen atoms in total. The molecule has 0 bridgehead atoms. The monoisotopic (exact) mass is 179 g/mol. The fraction of sp³-hybridized carbons (Fsp3) is 0. The molecule has 0 atom stereocenters. The van der Waals surface area contributed by atoms with Gasteiger partial charge in [0.15, 0.2) is 0 Å². The van der Waals surface area contributed by atoms with Gasteiger partial charge in [-0.15, -0.1) is 0 Å². The van der Waals surface area contributed by atoms with E-state index in [0.29, 0.717) is 4.73 Å². The van der Waals surface area contributed by atoms with Crippen molar-refractivity contribution in [2.75, 3.05) is 0 Å². The lowest BCUT2D eigenvalue weighted by atomic mass is 10.5. The lowest BCUT2D eigenvalue weighted by Gasteiger charge is -1.95. The summed E-state index contributed by atoms with van der Waals surface area (Å²) in [5, 5.41) is 8.83. The highest BCUT2D eigenvalue weighted by molar-refractivity contribution is 6.34. The number of pyridine rings is 1. The molecule has 0 spiro atoms. The van der Waals surface area contributed by atoms with E-state index in [1.54, 1.807) is 0 Å². The smallest absolute Gasteiger partial charge is 0.301 e. The van der Waals surface area contributed by atoms with Crippen molar-refractivity contribution in [1.29, 1.82) is 0 Å². The summed E-state index contributed by atoms with van der Waals surface area (Å²) in [6, 6.07) is 1.26. The Morgan fingerprint density at radius 1 is 1.50 bits per heavy atom. The van der Waals surface area contributed by atoms with E-state index in [4.69, 9.17) is 28.4 Å². The molecule has 0 radical (unpaired) electrons. The first kappa shape index (κ1) is 7.44. The first-order valence-corrected chi connectivity index (χ1v) is 3.14. The molecule has 1 rings (SSSR count). The van der Waals surface area contributed by atoms with Crippen LogP contribution in [0.2, 0.25) is 10.0 Å². The molecule has 0 aliphatic heterocycles. The molecular formula is C5H3Cl2NO2. The molecule has 0 unspecified atom stereocenters. The minimum atomic E-state index is -0.675. The van der Waals surface area contributed by atoms with Crippen molar-refractivity contribution >= 4 is 23.2 Å². The van der Waals surface area contributed by atoms with Gasteiger partial charge in [0.25, 0.3) is 0 Å². The van der Waals surface area contributed by atoms with Crippen molar-refractivity contribution < 1.29 is 5.21 Å². The number of hydrogen-bond donors (Lipinski definition) is 1. The Labute approximate surface area is 66.4 Å². The Morgan fingerprint density at radius 2 is 2.10 bits per heavy atom. The maximum Gasteiger partial charge on any atom is 0.301 e. The molecule has 10 heavy (non-hydrogen) atoms. The molecule has 5 heteroatoms. The zero-order chi connectivity index (χ0) is 7.72. The molecule has 1 heterocycles. The summed E-state index contributed by atoms with van der Waals surface area (Å²) in [5.74, 6) is 0. The van der Waals surface area contributed by atoms with Gasteiger partial charge in [0, 0.05) is 0 Å². The quantitative estimate of drug-likeness (QED) is 0.613. The molecule has 0 amide bonds. The van der Waals surface area contributed by atoms with Gasteiger partial charge in [-0.05, 0) is 6.07 Å². The Hall–Kier alpha value is -0.670. The van der Waals surface area contributed by atoms with E-state index in [0.717, 1.165) is 6.20 Å². The third-order valence-corrected chi connectivity index (χ3v) is 1.40. The molecule has 1 aromatic heterocycles. The van der Waals surface area contributed by atoms with Crippen LogP contribution in [0.25, 0.3) is 0 Å². The van der Waals surface area contributed by atoms with E-state index < -0.39 is 5.56 Å². The van der Waals surface area contributed by atoms with Crippen LogP contribution >= 0.6 is 23.2 Å². The molecule has 1 aromatic rings. The predicted octanol–water partition coefficient (Wildman–Crippen LogP) is 1.39. The van der Waals surface area contributed by atoms with Crippen LogP contribution in [0.1, 0.15) is 0 Å². The summed E-state index contributed by atoms with van der Waals surface area (Å²) in [6.07, 6.45) is 1.07. The van der Waals surface area contributed by atoms with Gasteiger partial charge in [0.05, 0.1) is 11.2 Å². The van der Waals surface area contributed by atoms with Crippen LogP contribution in [0.4, 0.5) is 0 Å². The van der Waals surface area contributed by atoms with Crippen LogP contribution in [0.15, 0.2) is 17.1 Å². The number of nitrogens with zero attached hydrogens (tertiary/aromatic N) is 1. The largest absolute Gasteiger partial charge is 0.425 e. The summed E-state index contributed by atoms with van der Waals surface area (Å²) in [4.78, 5) is 10.6. The molecular weight excluding hydrogens is 177 g/mol. The summed E-state index contributed by atoms with van der Waals surface area (Å²) in [7, 11) is 0. The standard InChI is InChI=1S/C5H3Cl2NO2/c6-3-1-4(7)5(9)8(10)2-3/h1-2,10H. The lowest BCUT2D eigenvalue weighted by Crippen LogP contribution is -2.16. The van der Waals surface area contributed by atoms with E-state index in [-0.39, 0.29) is 10.0 Å². The number of halogens is 2. The van der Waals surface area contributed by atoms with Crippen molar-refractivity contribution in [2.24, 2.45) is 0 Å². The van der Waals surface area contributed by atoms with Gasteiger partial charge < -0.3 is 5.21 Å². The average molecular weight is 180 g/mol. The third-order valence-electron chi connectivity index (χ3n) is 0.923. The average Bonchev–Trinajstić information content (AvgIpc) is 1.82. The predicted molar refractivity (Wildman–Crippen MR) is 37.9 cm³/mol. The van der Waals surface area contributed by atoms with E-state index in [1.165, 1.54) is 6.07 Å². The fourth-order valence-electron chi connectivity index (χ4n) is 0.505. The van der Waals surface area contributed by atoms with Gasteiger partial charge >= 0.3 is 5.56 Å². The fourth-order valence-corrected chi connectivity index (χ4v) is 0.966. The van der Waals surface area contributed by atoms with Crippen molar-refractivity contribution in [2.45, 2.75) is 0 Å². The molecule has 1 N–H and O–H groups in total. The normalized spacial score (nSPS) is 9.80. The summed E-state index contributed by atoms with van der Waals surface area (Å²) >= 11 is 10.8. The Kier molecular flexibility index (Phi) is 1.87. The lowest BCUT2D eigenvalue weighted by molar-refractivity contribution is 0.175. The first-order chi connectivity index (χ1) is 4.61. The van der Waals surface area contributed by atoms with Crippen molar-refractivity contribution in [3.63, 3.8) is 0 Å². The molecule has 0 aliphatic carbocycles. The van der Waals surface area contributed by atoms with E-state index in [1.807, 2.05) is 0 Å². The highest BCUT2D eigenvalue weighted by atomic mass is 35.5. The van der Waals surface area contributed by atoms with Gasteiger partial charge in [0.2, 0.25) is 0 Å². The Balaban J connectivity index is 3.46. The molecule has 0 aliphatic rings. The number of aromatic nitrogens is 1. The first-order valence-electron chi connectivity index (χ1n) is 2.38. The maximum absolute atomic E-state index is 10.6. The third kappa shape index (κ3) is 1.25. The molecule has 0 aromatic carbocycles. The highest BCUT2D eigenvalue weighted by Crippen LogP contribution is 2.09. The van der Waals surface area contributed by atoms with Gasteiger partial charge in [-0.3, -0.25) is 4.79 Å².